The maximum absolute atomic E-state index is 12.8. The number of aryl methyl sites for hydroxylation is 2. The first-order chi connectivity index (χ1) is 13.9. The lowest BCUT2D eigenvalue weighted by atomic mass is 10.1. The van der Waals surface area contributed by atoms with Gasteiger partial charge in [0.2, 0.25) is 5.95 Å². The maximum Gasteiger partial charge on any atom is 0.274 e. The van der Waals surface area contributed by atoms with Crippen LogP contribution in [0.5, 0.6) is 11.5 Å². The van der Waals surface area contributed by atoms with Crippen LogP contribution in [0.25, 0.3) is 0 Å². The normalized spacial score (nSPS) is 10.4. The molecule has 2 aromatic carbocycles. The molecule has 0 bridgehead atoms. The fraction of sp³-hybridized carbons (Fsp3) is 0.227. The second kappa shape index (κ2) is 8.60. The van der Waals surface area contributed by atoms with E-state index in [2.05, 4.69) is 20.6 Å². The van der Waals surface area contributed by atoms with Crippen LogP contribution in [-0.2, 0) is 0 Å². The highest BCUT2D eigenvalue weighted by Crippen LogP contribution is 2.30. The Labute approximate surface area is 170 Å². The van der Waals surface area contributed by atoms with Gasteiger partial charge in [0.15, 0.2) is 0 Å². The molecule has 0 radical (unpaired) electrons. The zero-order chi connectivity index (χ0) is 21.0. The number of ether oxygens (including phenoxy) is 2. The van der Waals surface area contributed by atoms with E-state index in [-0.39, 0.29) is 11.6 Å². The van der Waals surface area contributed by atoms with E-state index in [9.17, 15) is 4.79 Å². The molecule has 7 nitrogen and oxygen atoms in total. The third kappa shape index (κ3) is 4.63. The molecule has 0 atom stereocenters. The Balaban J connectivity index is 1.86. The van der Waals surface area contributed by atoms with Gasteiger partial charge in [0.25, 0.3) is 5.91 Å². The lowest BCUT2D eigenvalue weighted by molar-refractivity contribution is 0.102. The van der Waals surface area contributed by atoms with E-state index in [1.807, 2.05) is 39.0 Å². The summed E-state index contributed by atoms with van der Waals surface area (Å²) in [5.41, 5.74) is 4.50. The summed E-state index contributed by atoms with van der Waals surface area (Å²) in [5, 5.41) is 6.04. The number of nitrogens with one attached hydrogen (secondary N) is 2. The molecule has 2 N–H and O–H groups in total. The summed E-state index contributed by atoms with van der Waals surface area (Å²) in [7, 11) is 3.16. The molecule has 1 amide bonds. The smallest absolute Gasteiger partial charge is 0.274 e. The van der Waals surface area contributed by atoms with Crippen LogP contribution in [0.4, 0.5) is 17.3 Å². The third-order valence-electron chi connectivity index (χ3n) is 4.59. The standard InChI is InChI=1S/C22H24N4O3/c1-13-7-6-8-17(15(13)3)24-21(27)19-11-14(2)23-22(26-19)25-18-10-9-16(28-4)12-20(18)29-5/h6-12H,1-5H3,(H,24,27)(H,23,25,26). The first-order valence-corrected chi connectivity index (χ1v) is 9.13. The average Bonchev–Trinajstić information content (AvgIpc) is 2.71. The van der Waals surface area contributed by atoms with Crippen molar-refractivity contribution >= 4 is 23.2 Å². The number of hydrogen-bond donors (Lipinski definition) is 2. The number of hydrogen-bond acceptors (Lipinski definition) is 6. The van der Waals surface area contributed by atoms with Crippen molar-refractivity contribution in [3.8, 4) is 11.5 Å². The molecule has 0 aliphatic rings. The van der Waals surface area contributed by atoms with E-state index >= 15 is 0 Å². The Morgan fingerprint density at radius 3 is 2.45 bits per heavy atom. The Kier molecular flexibility index (Phi) is 5.97. The summed E-state index contributed by atoms with van der Waals surface area (Å²) in [5.74, 6) is 1.26. The van der Waals surface area contributed by atoms with Gasteiger partial charge < -0.3 is 20.1 Å². The quantitative estimate of drug-likeness (QED) is 0.646. The summed E-state index contributed by atoms with van der Waals surface area (Å²) < 4.78 is 10.6. The number of carbonyl (C=O) groups is 1. The van der Waals surface area contributed by atoms with Gasteiger partial charge in [-0.15, -0.1) is 0 Å². The van der Waals surface area contributed by atoms with Gasteiger partial charge in [-0.25, -0.2) is 9.97 Å². The van der Waals surface area contributed by atoms with Crippen LogP contribution in [0.15, 0.2) is 42.5 Å². The van der Waals surface area contributed by atoms with E-state index in [4.69, 9.17) is 9.47 Å². The van der Waals surface area contributed by atoms with Crippen molar-refractivity contribution in [3.05, 3.63) is 65.0 Å². The molecule has 0 fully saturated rings. The van der Waals surface area contributed by atoms with Crippen molar-refractivity contribution in [2.45, 2.75) is 20.8 Å². The number of carbonyl (C=O) groups excluding carboxylic acids is 1. The summed E-state index contributed by atoms with van der Waals surface area (Å²) in [6.07, 6.45) is 0. The summed E-state index contributed by atoms with van der Waals surface area (Å²) in [6, 6.07) is 12.8. The topological polar surface area (TPSA) is 85.4 Å². The van der Waals surface area contributed by atoms with Crippen LogP contribution in [0.3, 0.4) is 0 Å². The van der Waals surface area contributed by atoms with Crippen LogP contribution in [0.1, 0.15) is 27.3 Å². The third-order valence-corrected chi connectivity index (χ3v) is 4.59. The van der Waals surface area contributed by atoms with Gasteiger partial charge in [-0.1, -0.05) is 12.1 Å². The summed E-state index contributed by atoms with van der Waals surface area (Å²) in [4.78, 5) is 21.5. The van der Waals surface area contributed by atoms with E-state index in [0.717, 1.165) is 16.8 Å². The Hall–Kier alpha value is -3.61. The highest BCUT2D eigenvalue weighted by molar-refractivity contribution is 6.03. The van der Waals surface area contributed by atoms with Crippen LogP contribution < -0.4 is 20.1 Å². The molecule has 0 spiro atoms. The monoisotopic (exact) mass is 392 g/mol. The van der Waals surface area contributed by atoms with Gasteiger partial charge in [-0.05, 0) is 56.2 Å². The molecule has 3 aromatic rings. The average molecular weight is 392 g/mol. The molecule has 7 heteroatoms. The molecular weight excluding hydrogens is 368 g/mol. The van der Waals surface area contributed by atoms with Gasteiger partial charge in [0.1, 0.15) is 17.2 Å². The number of methoxy groups -OCH3 is 2. The van der Waals surface area contributed by atoms with Crippen molar-refractivity contribution in [2.24, 2.45) is 0 Å². The number of amides is 1. The zero-order valence-electron chi connectivity index (χ0n) is 17.2. The minimum absolute atomic E-state index is 0.272. The fourth-order valence-corrected chi connectivity index (χ4v) is 2.84. The molecule has 0 aliphatic heterocycles. The predicted octanol–water partition coefficient (Wildman–Crippen LogP) is 4.41. The van der Waals surface area contributed by atoms with E-state index < -0.39 is 0 Å². The molecule has 1 aromatic heterocycles. The molecule has 29 heavy (non-hydrogen) atoms. The summed E-state index contributed by atoms with van der Waals surface area (Å²) >= 11 is 0. The largest absolute Gasteiger partial charge is 0.497 e. The highest BCUT2D eigenvalue weighted by Gasteiger charge is 2.14. The lowest BCUT2D eigenvalue weighted by Crippen LogP contribution is -2.16. The minimum atomic E-state index is -0.297. The molecular formula is C22H24N4O3. The van der Waals surface area contributed by atoms with Crippen LogP contribution >= 0.6 is 0 Å². The van der Waals surface area contributed by atoms with E-state index in [1.54, 1.807) is 38.5 Å². The molecule has 3 rings (SSSR count). The first-order valence-electron chi connectivity index (χ1n) is 9.13. The van der Waals surface area contributed by atoms with Crippen LogP contribution in [0, 0.1) is 20.8 Å². The fourth-order valence-electron chi connectivity index (χ4n) is 2.84. The van der Waals surface area contributed by atoms with Gasteiger partial charge in [-0.2, -0.15) is 0 Å². The number of benzene rings is 2. The second-order valence-corrected chi connectivity index (χ2v) is 6.61. The van der Waals surface area contributed by atoms with Crippen molar-refractivity contribution in [3.63, 3.8) is 0 Å². The minimum Gasteiger partial charge on any atom is -0.497 e. The van der Waals surface area contributed by atoms with Gasteiger partial charge in [0.05, 0.1) is 19.9 Å². The lowest BCUT2D eigenvalue weighted by Gasteiger charge is -2.13. The zero-order valence-corrected chi connectivity index (χ0v) is 17.2. The molecule has 0 saturated carbocycles. The SMILES string of the molecule is COc1ccc(Nc2nc(C)cc(C(=O)Nc3cccc(C)c3C)n2)c(OC)c1. The van der Waals surface area contributed by atoms with Crippen molar-refractivity contribution in [2.75, 3.05) is 24.9 Å². The molecule has 0 unspecified atom stereocenters. The van der Waals surface area contributed by atoms with Crippen molar-refractivity contribution in [1.29, 1.82) is 0 Å². The maximum atomic E-state index is 12.8. The summed E-state index contributed by atoms with van der Waals surface area (Å²) in [6.45, 7) is 5.79. The van der Waals surface area contributed by atoms with Crippen molar-refractivity contribution in [1.82, 2.24) is 9.97 Å². The van der Waals surface area contributed by atoms with E-state index in [1.165, 1.54) is 0 Å². The number of anilines is 3. The number of nitrogens with zero attached hydrogens (tertiary/aromatic N) is 2. The number of aromatic nitrogens is 2. The van der Waals surface area contributed by atoms with Crippen molar-refractivity contribution < 1.29 is 14.3 Å². The van der Waals surface area contributed by atoms with Gasteiger partial charge in [0, 0.05) is 17.4 Å². The van der Waals surface area contributed by atoms with Crippen LogP contribution in [-0.4, -0.2) is 30.1 Å². The van der Waals surface area contributed by atoms with Gasteiger partial charge in [-0.3, -0.25) is 4.79 Å². The van der Waals surface area contributed by atoms with Gasteiger partial charge >= 0.3 is 0 Å². The number of rotatable bonds is 6. The Morgan fingerprint density at radius 2 is 1.72 bits per heavy atom. The molecule has 150 valence electrons. The van der Waals surface area contributed by atoms with E-state index in [0.29, 0.717) is 28.8 Å². The molecule has 1 heterocycles. The van der Waals surface area contributed by atoms with Crippen LogP contribution in [0.2, 0.25) is 0 Å². The molecule has 0 saturated heterocycles. The highest BCUT2D eigenvalue weighted by atomic mass is 16.5. The predicted molar refractivity (Wildman–Crippen MR) is 113 cm³/mol. The first kappa shape index (κ1) is 20.1. The Morgan fingerprint density at radius 1 is 0.931 bits per heavy atom. The second-order valence-electron chi connectivity index (χ2n) is 6.61. The Bertz CT molecular complexity index is 1050. The molecule has 0 aliphatic carbocycles.